The number of carbonyl (C=O) groups is 1. The number of nitrogens with one attached hydrogen (secondary N) is 1. The summed E-state index contributed by atoms with van der Waals surface area (Å²) in [6.45, 7) is 4.89. The van der Waals surface area contributed by atoms with E-state index in [0.29, 0.717) is 26.0 Å². The van der Waals surface area contributed by atoms with E-state index in [4.69, 9.17) is 9.47 Å². The summed E-state index contributed by atoms with van der Waals surface area (Å²) in [6.07, 6.45) is 1.15. The molecule has 0 atom stereocenters. The van der Waals surface area contributed by atoms with Crippen LogP contribution in [0.4, 0.5) is 0 Å². The Bertz CT molecular complexity index is 695. The zero-order valence-corrected chi connectivity index (χ0v) is 14.8. The molecule has 0 aliphatic heterocycles. The second kappa shape index (κ2) is 8.38. The van der Waals surface area contributed by atoms with Gasteiger partial charge < -0.3 is 14.8 Å². The normalized spacial score (nSPS) is 10.5. The molecule has 2 rings (SSSR count). The maximum atomic E-state index is 11.9. The van der Waals surface area contributed by atoms with Crippen molar-refractivity contribution in [3.63, 3.8) is 0 Å². The maximum Gasteiger partial charge on any atom is 0.220 e. The van der Waals surface area contributed by atoms with E-state index >= 15 is 0 Å². The third kappa shape index (κ3) is 4.75. The lowest BCUT2D eigenvalue weighted by atomic mass is 10.1. The summed E-state index contributed by atoms with van der Waals surface area (Å²) in [7, 11) is 3.53. The molecule has 0 saturated carbocycles. The average molecular weight is 331 g/mol. The first-order valence-electron chi connectivity index (χ1n) is 8.04. The number of aromatic nitrogens is 2. The molecule has 0 aliphatic rings. The second-order valence-corrected chi connectivity index (χ2v) is 5.65. The minimum atomic E-state index is 0.0203. The minimum Gasteiger partial charge on any atom is -0.497 e. The van der Waals surface area contributed by atoms with E-state index in [0.717, 1.165) is 28.5 Å². The molecule has 1 N–H and O–H groups in total. The number of benzene rings is 1. The molecule has 0 radical (unpaired) electrons. The van der Waals surface area contributed by atoms with Crippen LogP contribution in [0.2, 0.25) is 0 Å². The van der Waals surface area contributed by atoms with Crippen molar-refractivity contribution < 1.29 is 14.3 Å². The Labute approximate surface area is 142 Å². The number of hydrogen-bond acceptors (Lipinski definition) is 4. The van der Waals surface area contributed by atoms with Gasteiger partial charge in [-0.15, -0.1) is 0 Å². The molecule has 24 heavy (non-hydrogen) atoms. The highest BCUT2D eigenvalue weighted by Crippen LogP contribution is 2.18. The van der Waals surface area contributed by atoms with E-state index in [1.165, 1.54) is 0 Å². The van der Waals surface area contributed by atoms with Crippen LogP contribution in [-0.4, -0.2) is 35.9 Å². The predicted molar refractivity (Wildman–Crippen MR) is 92.5 cm³/mol. The fraction of sp³-hybridized carbons (Fsp3) is 0.444. The number of rotatable bonds is 8. The van der Waals surface area contributed by atoms with Gasteiger partial charge in [0.25, 0.3) is 0 Å². The van der Waals surface area contributed by atoms with Crippen LogP contribution in [0.1, 0.15) is 23.4 Å². The van der Waals surface area contributed by atoms with Gasteiger partial charge in [0.2, 0.25) is 5.91 Å². The average Bonchev–Trinajstić information content (AvgIpc) is 2.82. The highest BCUT2D eigenvalue weighted by molar-refractivity contribution is 5.76. The standard InChI is InChI=1S/C18H25N3O3/c1-13-17(14(2)21(3)20-13)8-9-18(22)19-10-11-24-16-7-5-6-15(12-16)23-4/h5-7,12H,8-11H2,1-4H3,(H,19,22). The van der Waals surface area contributed by atoms with Gasteiger partial charge in [-0.1, -0.05) is 6.07 Å². The fourth-order valence-electron chi connectivity index (χ4n) is 2.56. The Balaban J connectivity index is 1.70. The molecule has 0 aliphatic carbocycles. The van der Waals surface area contributed by atoms with Crippen LogP contribution in [0.5, 0.6) is 11.5 Å². The number of nitrogens with zero attached hydrogens (tertiary/aromatic N) is 2. The molecule has 0 bridgehead atoms. The van der Waals surface area contributed by atoms with Gasteiger partial charge in [0.1, 0.15) is 18.1 Å². The summed E-state index contributed by atoms with van der Waals surface area (Å²) < 4.78 is 12.6. The van der Waals surface area contributed by atoms with E-state index in [-0.39, 0.29) is 5.91 Å². The third-order valence-electron chi connectivity index (χ3n) is 4.00. The lowest BCUT2D eigenvalue weighted by Crippen LogP contribution is -2.28. The zero-order valence-electron chi connectivity index (χ0n) is 14.8. The second-order valence-electron chi connectivity index (χ2n) is 5.65. The van der Waals surface area contributed by atoms with Crippen LogP contribution in [0, 0.1) is 13.8 Å². The van der Waals surface area contributed by atoms with Crippen LogP contribution >= 0.6 is 0 Å². The van der Waals surface area contributed by atoms with E-state index in [9.17, 15) is 4.79 Å². The highest BCUT2D eigenvalue weighted by atomic mass is 16.5. The van der Waals surface area contributed by atoms with Crippen molar-refractivity contribution in [3.8, 4) is 11.5 Å². The summed E-state index contributed by atoms with van der Waals surface area (Å²) in [6, 6.07) is 7.40. The number of amides is 1. The molecule has 6 heteroatoms. The molecular weight excluding hydrogens is 306 g/mol. The lowest BCUT2D eigenvalue weighted by Gasteiger charge is -2.09. The maximum absolute atomic E-state index is 11.9. The number of methoxy groups -OCH3 is 1. The summed E-state index contributed by atoms with van der Waals surface area (Å²) in [5.74, 6) is 1.50. The summed E-state index contributed by atoms with van der Waals surface area (Å²) >= 11 is 0. The molecule has 0 spiro atoms. The molecule has 1 aromatic carbocycles. The van der Waals surface area contributed by atoms with Crippen molar-refractivity contribution in [2.45, 2.75) is 26.7 Å². The number of aryl methyl sites for hydroxylation is 2. The summed E-state index contributed by atoms with van der Waals surface area (Å²) in [5, 5.41) is 7.24. The summed E-state index contributed by atoms with van der Waals surface area (Å²) in [5.41, 5.74) is 3.26. The van der Waals surface area contributed by atoms with E-state index in [2.05, 4.69) is 10.4 Å². The van der Waals surface area contributed by atoms with E-state index < -0.39 is 0 Å². The zero-order chi connectivity index (χ0) is 17.5. The van der Waals surface area contributed by atoms with Crippen molar-refractivity contribution in [2.75, 3.05) is 20.3 Å². The van der Waals surface area contributed by atoms with Crippen LogP contribution in [0.3, 0.4) is 0 Å². The Hall–Kier alpha value is -2.50. The fourth-order valence-corrected chi connectivity index (χ4v) is 2.56. The van der Waals surface area contributed by atoms with Crippen LogP contribution < -0.4 is 14.8 Å². The molecule has 1 heterocycles. The van der Waals surface area contributed by atoms with E-state index in [1.807, 2.05) is 49.8 Å². The van der Waals surface area contributed by atoms with Gasteiger partial charge in [-0.3, -0.25) is 9.48 Å². The van der Waals surface area contributed by atoms with Crippen molar-refractivity contribution >= 4 is 5.91 Å². The molecule has 130 valence electrons. The van der Waals surface area contributed by atoms with Gasteiger partial charge >= 0.3 is 0 Å². The smallest absolute Gasteiger partial charge is 0.220 e. The number of hydrogen-bond donors (Lipinski definition) is 1. The van der Waals surface area contributed by atoms with Gasteiger partial charge in [-0.25, -0.2) is 0 Å². The molecule has 0 fully saturated rings. The Morgan fingerprint density at radius 3 is 2.71 bits per heavy atom. The first kappa shape index (κ1) is 17.8. The highest BCUT2D eigenvalue weighted by Gasteiger charge is 2.11. The third-order valence-corrected chi connectivity index (χ3v) is 4.00. The van der Waals surface area contributed by atoms with Gasteiger partial charge in [-0.05, 0) is 38.0 Å². The largest absolute Gasteiger partial charge is 0.497 e. The van der Waals surface area contributed by atoms with Crippen LogP contribution in [-0.2, 0) is 18.3 Å². The first-order valence-corrected chi connectivity index (χ1v) is 8.04. The Morgan fingerprint density at radius 1 is 1.29 bits per heavy atom. The Morgan fingerprint density at radius 2 is 2.04 bits per heavy atom. The number of carbonyl (C=O) groups excluding carboxylic acids is 1. The SMILES string of the molecule is COc1cccc(OCCNC(=O)CCc2c(C)nn(C)c2C)c1. The number of ether oxygens (including phenoxy) is 2. The van der Waals surface area contributed by atoms with Gasteiger partial charge in [0.05, 0.1) is 19.3 Å². The van der Waals surface area contributed by atoms with Crippen molar-refractivity contribution in [1.29, 1.82) is 0 Å². The van der Waals surface area contributed by atoms with Crippen molar-refractivity contribution in [1.82, 2.24) is 15.1 Å². The first-order chi connectivity index (χ1) is 11.5. The lowest BCUT2D eigenvalue weighted by molar-refractivity contribution is -0.121. The molecular formula is C18H25N3O3. The van der Waals surface area contributed by atoms with Crippen molar-refractivity contribution in [2.24, 2.45) is 7.05 Å². The van der Waals surface area contributed by atoms with Crippen LogP contribution in [0.15, 0.2) is 24.3 Å². The predicted octanol–water partition coefficient (Wildman–Crippen LogP) is 2.17. The monoisotopic (exact) mass is 331 g/mol. The van der Waals surface area contributed by atoms with Crippen LogP contribution in [0.25, 0.3) is 0 Å². The van der Waals surface area contributed by atoms with Gasteiger partial charge in [0.15, 0.2) is 0 Å². The van der Waals surface area contributed by atoms with E-state index in [1.54, 1.807) is 7.11 Å². The molecule has 1 amide bonds. The molecule has 2 aromatic rings. The van der Waals surface area contributed by atoms with Crippen molar-refractivity contribution in [3.05, 3.63) is 41.2 Å². The van der Waals surface area contributed by atoms with Gasteiger partial charge in [0, 0.05) is 25.2 Å². The minimum absolute atomic E-state index is 0.0203. The van der Waals surface area contributed by atoms with Gasteiger partial charge in [-0.2, -0.15) is 5.10 Å². The topological polar surface area (TPSA) is 65.4 Å². The Kier molecular flexibility index (Phi) is 6.23. The molecule has 0 saturated heterocycles. The molecule has 0 unspecified atom stereocenters. The quantitative estimate of drug-likeness (QED) is 0.753. The summed E-state index contributed by atoms with van der Waals surface area (Å²) in [4.78, 5) is 11.9. The molecule has 1 aromatic heterocycles. The molecule has 6 nitrogen and oxygen atoms in total.